The molecule has 4 aromatic carbocycles. The van der Waals surface area contributed by atoms with Gasteiger partial charge in [-0.2, -0.15) is 5.10 Å². The fraction of sp³-hybridized carbons (Fsp3) is 0.387. The van der Waals surface area contributed by atoms with Gasteiger partial charge in [-0.15, -0.1) is 11.3 Å². The van der Waals surface area contributed by atoms with Crippen molar-refractivity contribution >= 4 is 63.2 Å². The van der Waals surface area contributed by atoms with E-state index in [0.29, 0.717) is 109 Å². The maximum Gasteiger partial charge on any atom is 0.243 e. The minimum absolute atomic E-state index is 0.0621. The van der Waals surface area contributed by atoms with Crippen LogP contribution in [0.3, 0.4) is 0 Å². The second-order valence-electron chi connectivity index (χ2n) is 22.6. The number of nitrogens with one attached hydrogen (secondary N) is 4. The number of amides is 5. The number of β-amino-alcohol motifs (C(OH)–C–C–N with tert-alkyl or cyclic N) is 1. The highest BCUT2D eigenvalue weighted by Crippen LogP contribution is 2.48. The third-order valence-corrected chi connectivity index (χ3v) is 16.6. The lowest BCUT2D eigenvalue weighted by atomic mass is 9.85. The Balaban J connectivity index is 0.661. The zero-order valence-corrected chi connectivity index (χ0v) is 48.0. The Morgan fingerprint density at radius 1 is 0.843 bits per heavy atom. The van der Waals surface area contributed by atoms with E-state index in [1.165, 1.54) is 29.2 Å². The van der Waals surface area contributed by atoms with Crippen molar-refractivity contribution in [3.8, 4) is 39.2 Å². The van der Waals surface area contributed by atoms with Crippen LogP contribution >= 0.6 is 11.3 Å². The van der Waals surface area contributed by atoms with Gasteiger partial charge in [0.05, 0.1) is 59.3 Å². The molecule has 0 unspecified atom stereocenters. The Morgan fingerprint density at radius 2 is 1.53 bits per heavy atom. The zero-order valence-electron chi connectivity index (χ0n) is 47.2. The van der Waals surface area contributed by atoms with Crippen molar-refractivity contribution in [3.63, 3.8) is 0 Å². The lowest BCUT2D eigenvalue weighted by Crippen LogP contribution is -2.56. The molecule has 0 bridgehead atoms. The summed E-state index contributed by atoms with van der Waals surface area (Å²) in [5.41, 5.74) is 4.59. The monoisotopic (exact) mass is 1150 g/mol. The number of halogens is 1. The van der Waals surface area contributed by atoms with Crippen molar-refractivity contribution < 1.29 is 47.7 Å². The van der Waals surface area contributed by atoms with Gasteiger partial charge in [0, 0.05) is 68.0 Å². The lowest BCUT2D eigenvalue weighted by Gasteiger charge is -2.35. The fourth-order valence-electron chi connectivity index (χ4n) is 10.7. The molecule has 3 aliphatic rings. The summed E-state index contributed by atoms with van der Waals surface area (Å²) in [5.74, 6) is 0.653. The Morgan fingerprint density at radius 3 is 2.18 bits per heavy atom. The van der Waals surface area contributed by atoms with E-state index in [4.69, 9.17) is 14.2 Å². The van der Waals surface area contributed by atoms with Crippen LogP contribution < -0.4 is 35.5 Å². The maximum absolute atomic E-state index is 14.2. The molecule has 0 spiro atoms. The number of unbranched alkanes of at least 4 members (excludes halogenated alkanes) is 1. The summed E-state index contributed by atoms with van der Waals surface area (Å²) in [6, 6.07) is 24.1. The summed E-state index contributed by atoms with van der Waals surface area (Å²) in [5, 5.41) is 28.0. The molecule has 3 atom stereocenters. The van der Waals surface area contributed by atoms with Crippen molar-refractivity contribution in [3.05, 3.63) is 132 Å². The third kappa shape index (κ3) is 13.6. The van der Waals surface area contributed by atoms with E-state index in [9.17, 15) is 33.5 Å². The maximum atomic E-state index is 14.2. The highest BCUT2D eigenvalue weighted by molar-refractivity contribution is 7.13. The second-order valence-corrected chi connectivity index (χ2v) is 23.5. The molecular formula is C62H69FN10O9S. The van der Waals surface area contributed by atoms with Gasteiger partial charge in [0.15, 0.2) is 17.2 Å². The molecule has 19 nitrogen and oxygen atoms in total. The molecule has 5 amide bonds. The molecule has 3 fully saturated rings. The number of aliphatic hydroxyl groups excluding tert-OH is 1. The first-order chi connectivity index (χ1) is 39.9. The number of hydrogen-bond acceptors (Lipinski definition) is 14. The van der Waals surface area contributed by atoms with E-state index >= 15 is 0 Å². The molecule has 434 valence electrons. The SMILES string of the molecule is COc1cc2c(Oc3ccc(NC(=O)C4(C(=O)Nc5ccc(F)cc5)CC4)cc3)ccnc2cc1Oc1cnn(C2CCN(C(=O)CCCCN[C@H](C(=O)N3C[C@H](O)C[C@H]3C(=O)NCc3ccc(-c4scnc4C)cc3)C(C)(C)C)CC2)c1. The molecule has 5 heterocycles. The molecule has 2 saturated heterocycles. The molecule has 1 aliphatic carbocycles. The normalized spacial score (nSPS) is 17.2. The van der Waals surface area contributed by atoms with Crippen LogP contribution in [0.15, 0.2) is 115 Å². The number of benzene rings is 4. The quantitative estimate of drug-likeness (QED) is 0.0334. The van der Waals surface area contributed by atoms with Crippen LogP contribution in [0.1, 0.15) is 89.4 Å². The van der Waals surface area contributed by atoms with Crippen LogP contribution in [-0.2, 0) is 30.5 Å². The fourth-order valence-corrected chi connectivity index (χ4v) is 11.5. The number of piperidine rings is 1. The minimum Gasteiger partial charge on any atom is -0.493 e. The number of methoxy groups -OCH3 is 1. The number of aromatic nitrogens is 4. The first kappa shape index (κ1) is 57.9. The predicted octanol–water partition coefficient (Wildman–Crippen LogP) is 9.57. The van der Waals surface area contributed by atoms with Crippen LogP contribution in [0.25, 0.3) is 21.3 Å². The minimum atomic E-state index is -1.20. The van der Waals surface area contributed by atoms with Crippen LogP contribution in [0.2, 0.25) is 0 Å². The van der Waals surface area contributed by atoms with Gasteiger partial charge >= 0.3 is 0 Å². The Bertz CT molecular complexity index is 3460. The van der Waals surface area contributed by atoms with Crippen LogP contribution in [0.4, 0.5) is 15.8 Å². The van der Waals surface area contributed by atoms with E-state index < -0.39 is 46.6 Å². The number of ether oxygens (including phenoxy) is 3. The summed E-state index contributed by atoms with van der Waals surface area (Å²) in [6.07, 6.45) is 8.41. The van der Waals surface area contributed by atoms with Crippen LogP contribution in [0.5, 0.6) is 28.7 Å². The molecule has 5 N–H and O–H groups in total. The van der Waals surface area contributed by atoms with Gasteiger partial charge in [-0.1, -0.05) is 45.0 Å². The molecule has 21 heteroatoms. The Kier molecular flexibility index (Phi) is 17.5. The molecule has 83 heavy (non-hydrogen) atoms. The van der Waals surface area contributed by atoms with E-state index in [2.05, 4.69) is 36.3 Å². The first-order valence-electron chi connectivity index (χ1n) is 28.1. The van der Waals surface area contributed by atoms with Gasteiger partial charge in [-0.05, 0) is 129 Å². The summed E-state index contributed by atoms with van der Waals surface area (Å²) in [7, 11) is 1.55. The van der Waals surface area contributed by atoms with Gasteiger partial charge in [0.2, 0.25) is 29.5 Å². The van der Waals surface area contributed by atoms with Crippen LogP contribution in [0, 0.1) is 23.6 Å². The molecule has 0 radical (unpaired) electrons. The first-order valence-corrected chi connectivity index (χ1v) is 28.9. The van der Waals surface area contributed by atoms with E-state index in [0.717, 1.165) is 34.5 Å². The number of nitrogens with zero attached hydrogens (tertiary/aromatic N) is 6. The summed E-state index contributed by atoms with van der Waals surface area (Å²) in [6.45, 7) is 9.96. The largest absolute Gasteiger partial charge is 0.493 e. The van der Waals surface area contributed by atoms with Crippen molar-refractivity contribution in [2.24, 2.45) is 10.8 Å². The average molecular weight is 1150 g/mol. The van der Waals surface area contributed by atoms with Crippen LogP contribution in [-0.4, -0.2) is 116 Å². The van der Waals surface area contributed by atoms with E-state index in [1.807, 2.05) is 73.2 Å². The highest BCUT2D eigenvalue weighted by Gasteiger charge is 2.56. The number of thiazole rings is 1. The van der Waals surface area contributed by atoms with Gasteiger partial charge in [-0.3, -0.25) is 33.6 Å². The summed E-state index contributed by atoms with van der Waals surface area (Å²) in [4.78, 5) is 80.9. The number of carbonyl (C=O) groups is 5. The number of anilines is 2. The number of likely N-dealkylation sites (tertiary alicyclic amines) is 2. The van der Waals surface area contributed by atoms with Crippen molar-refractivity contribution in [1.82, 2.24) is 40.2 Å². The number of rotatable bonds is 21. The molecule has 3 aromatic heterocycles. The van der Waals surface area contributed by atoms with Crippen molar-refractivity contribution in [1.29, 1.82) is 0 Å². The second kappa shape index (κ2) is 25.1. The third-order valence-electron chi connectivity index (χ3n) is 15.6. The van der Waals surface area contributed by atoms with Gasteiger partial charge < -0.3 is 50.4 Å². The standard InChI is InChI=1S/C62H69FN10O9S/c1-38-55(83-37-67-38)40-11-9-39(10-12-40)33-66-57(76)50-30-45(74)35-72(50)58(77)56(61(2,3)4)65-26-7-6-8-54(75)71-28-22-44(23-29-71)73-36-47(34-68-73)82-53-32-49-48(31-52(53)80-5)51(21-27-64-49)81-46-19-17-43(18-20-46)70-60(79)62(24-25-62)59(78)69-42-15-13-41(63)14-16-42/h9-21,27,31-32,34,36-37,44-45,50,56,65,74H,6-8,22-26,28-30,33,35H2,1-5H3,(H,66,76)(H,69,78)(H,70,79)/t45-,50+,56-/m1/s1. The summed E-state index contributed by atoms with van der Waals surface area (Å²) >= 11 is 1.58. The molecule has 1 saturated carbocycles. The molecule has 2 aliphatic heterocycles. The van der Waals surface area contributed by atoms with Gasteiger partial charge in [0.1, 0.15) is 28.8 Å². The number of hydrogen-bond donors (Lipinski definition) is 5. The molecule has 10 rings (SSSR count). The zero-order chi connectivity index (χ0) is 58.4. The lowest BCUT2D eigenvalue weighted by molar-refractivity contribution is -0.142. The number of fused-ring (bicyclic) bond motifs is 1. The Labute approximate surface area is 484 Å². The average Bonchev–Trinajstić information content (AvgIpc) is 3.32. The molecule has 7 aromatic rings. The summed E-state index contributed by atoms with van der Waals surface area (Å²) < 4.78 is 33.6. The number of pyridine rings is 1. The van der Waals surface area contributed by atoms with Gasteiger partial charge in [-0.25, -0.2) is 9.37 Å². The number of aliphatic hydroxyl groups is 1. The van der Waals surface area contributed by atoms with Crippen molar-refractivity contribution in [2.75, 3.05) is 43.9 Å². The van der Waals surface area contributed by atoms with E-state index in [-0.39, 0.29) is 36.7 Å². The predicted molar refractivity (Wildman–Crippen MR) is 313 cm³/mol. The van der Waals surface area contributed by atoms with Gasteiger partial charge in [0.25, 0.3) is 0 Å². The number of aryl methyl sites for hydroxylation is 1. The van der Waals surface area contributed by atoms with E-state index in [1.54, 1.807) is 73.3 Å². The van der Waals surface area contributed by atoms with Crippen molar-refractivity contribution in [2.45, 2.75) is 110 Å². The Hall–Kier alpha value is -8.27. The number of carbonyl (C=O) groups excluding carboxylic acids is 5. The molecular weight excluding hydrogens is 1080 g/mol. The topological polar surface area (TPSA) is 231 Å². The highest BCUT2D eigenvalue weighted by atomic mass is 32.1. The smallest absolute Gasteiger partial charge is 0.243 e.